The standard InChI is InChI=1S/C12H10BrClIN3/c1-6-10(15)12(16-2)18-11(17-6)8-4-3-7(13)5-9(8)14/h3-5H,1-2H3,(H,16,17,18). The van der Waals surface area contributed by atoms with E-state index in [1.54, 1.807) is 0 Å². The fourth-order valence-electron chi connectivity index (χ4n) is 1.52. The van der Waals surface area contributed by atoms with Gasteiger partial charge in [0.2, 0.25) is 0 Å². The first-order valence-corrected chi connectivity index (χ1v) is 7.45. The van der Waals surface area contributed by atoms with E-state index in [1.165, 1.54) is 0 Å². The van der Waals surface area contributed by atoms with Crippen LogP contribution in [-0.2, 0) is 0 Å². The highest BCUT2D eigenvalue weighted by atomic mass is 127. The minimum absolute atomic E-state index is 0.632. The Hall–Kier alpha value is -0.400. The number of hydrogen-bond donors (Lipinski definition) is 1. The lowest BCUT2D eigenvalue weighted by molar-refractivity contribution is 1.09. The number of halogens is 3. The van der Waals surface area contributed by atoms with Gasteiger partial charge in [0.1, 0.15) is 5.82 Å². The smallest absolute Gasteiger partial charge is 0.163 e. The van der Waals surface area contributed by atoms with Gasteiger partial charge in [-0.05, 0) is 47.7 Å². The van der Waals surface area contributed by atoms with E-state index in [9.17, 15) is 0 Å². The summed E-state index contributed by atoms with van der Waals surface area (Å²) in [5.41, 5.74) is 1.76. The Morgan fingerprint density at radius 2 is 2.06 bits per heavy atom. The van der Waals surface area contributed by atoms with Gasteiger partial charge >= 0.3 is 0 Å². The van der Waals surface area contributed by atoms with Crippen LogP contribution in [0.1, 0.15) is 5.69 Å². The van der Waals surface area contributed by atoms with Gasteiger partial charge in [-0.2, -0.15) is 0 Å². The first-order valence-electron chi connectivity index (χ1n) is 5.20. The Kier molecular flexibility index (Phi) is 4.45. The van der Waals surface area contributed by atoms with Gasteiger partial charge in [0, 0.05) is 17.1 Å². The average molecular weight is 438 g/mol. The lowest BCUT2D eigenvalue weighted by Crippen LogP contribution is -2.03. The van der Waals surface area contributed by atoms with Crippen LogP contribution in [0.3, 0.4) is 0 Å². The Bertz CT molecular complexity index is 604. The van der Waals surface area contributed by atoms with Crippen molar-refractivity contribution in [2.24, 2.45) is 0 Å². The second kappa shape index (κ2) is 5.71. The lowest BCUT2D eigenvalue weighted by atomic mass is 10.2. The third-order valence-electron chi connectivity index (χ3n) is 2.43. The van der Waals surface area contributed by atoms with E-state index in [2.05, 4.69) is 53.8 Å². The molecule has 0 amide bonds. The minimum atomic E-state index is 0.632. The third-order valence-corrected chi connectivity index (χ3v) is 4.52. The highest BCUT2D eigenvalue weighted by Gasteiger charge is 2.12. The number of anilines is 1. The monoisotopic (exact) mass is 437 g/mol. The van der Waals surface area contributed by atoms with Gasteiger partial charge in [0.15, 0.2) is 5.82 Å². The molecular formula is C12H10BrClIN3. The maximum atomic E-state index is 6.22. The highest BCUT2D eigenvalue weighted by Crippen LogP contribution is 2.30. The zero-order valence-electron chi connectivity index (χ0n) is 9.76. The fraction of sp³-hybridized carbons (Fsp3) is 0.167. The fourth-order valence-corrected chi connectivity index (χ4v) is 2.79. The topological polar surface area (TPSA) is 37.8 Å². The summed E-state index contributed by atoms with van der Waals surface area (Å²) in [4.78, 5) is 8.97. The van der Waals surface area contributed by atoms with Crippen LogP contribution in [0.2, 0.25) is 5.02 Å². The Morgan fingerprint density at radius 1 is 1.33 bits per heavy atom. The van der Waals surface area contributed by atoms with Crippen LogP contribution in [0.4, 0.5) is 5.82 Å². The van der Waals surface area contributed by atoms with Crippen molar-refractivity contribution >= 4 is 55.9 Å². The van der Waals surface area contributed by atoms with Crippen molar-refractivity contribution in [2.45, 2.75) is 6.92 Å². The first-order chi connectivity index (χ1) is 8.52. The second-order valence-electron chi connectivity index (χ2n) is 3.67. The summed E-state index contributed by atoms with van der Waals surface area (Å²) < 4.78 is 1.96. The summed E-state index contributed by atoms with van der Waals surface area (Å²) in [6, 6.07) is 5.68. The van der Waals surface area contributed by atoms with Crippen molar-refractivity contribution in [3.8, 4) is 11.4 Å². The summed E-state index contributed by atoms with van der Waals surface area (Å²) in [6.07, 6.45) is 0. The van der Waals surface area contributed by atoms with Gasteiger partial charge < -0.3 is 5.32 Å². The van der Waals surface area contributed by atoms with Crippen molar-refractivity contribution in [1.29, 1.82) is 0 Å². The molecule has 0 aliphatic rings. The number of rotatable bonds is 2. The molecule has 18 heavy (non-hydrogen) atoms. The molecule has 0 unspecified atom stereocenters. The molecule has 0 aliphatic carbocycles. The summed E-state index contributed by atoms with van der Waals surface area (Å²) in [5, 5.41) is 3.70. The second-order valence-corrected chi connectivity index (χ2v) is 6.07. The number of aryl methyl sites for hydroxylation is 1. The largest absolute Gasteiger partial charge is 0.372 e. The number of benzene rings is 1. The van der Waals surface area contributed by atoms with Crippen LogP contribution in [0, 0.1) is 10.5 Å². The molecule has 0 bridgehead atoms. The molecule has 1 N–H and O–H groups in total. The van der Waals surface area contributed by atoms with Crippen molar-refractivity contribution in [1.82, 2.24) is 9.97 Å². The van der Waals surface area contributed by atoms with E-state index in [4.69, 9.17) is 11.6 Å². The van der Waals surface area contributed by atoms with E-state index in [0.717, 1.165) is 25.1 Å². The van der Waals surface area contributed by atoms with E-state index < -0.39 is 0 Å². The molecule has 94 valence electrons. The maximum absolute atomic E-state index is 6.22. The van der Waals surface area contributed by atoms with Crippen LogP contribution in [0.25, 0.3) is 11.4 Å². The highest BCUT2D eigenvalue weighted by molar-refractivity contribution is 14.1. The van der Waals surface area contributed by atoms with Crippen LogP contribution in [0.5, 0.6) is 0 Å². The molecule has 0 saturated carbocycles. The number of hydrogen-bond acceptors (Lipinski definition) is 3. The zero-order valence-corrected chi connectivity index (χ0v) is 14.3. The molecule has 0 fully saturated rings. The van der Waals surface area contributed by atoms with Crippen LogP contribution in [-0.4, -0.2) is 17.0 Å². The predicted octanol–water partition coefficient (Wildman–Crippen LogP) is 4.51. The Labute approximate surface area is 133 Å². The molecule has 0 aliphatic heterocycles. The quantitative estimate of drug-likeness (QED) is 0.701. The Morgan fingerprint density at radius 3 is 2.67 bits per heavy atom. The predicted molar refractivity (Wildman–Crippen MR) is 87.2 cm³/mol. The first kappa shape index (κ1) is 14.0. The molecule has 6 heteroatoms. The molecule has 3 nitrogen and oxygen atoms in total. The van der Waals surface area contributed by atoms with Crippen molar-refractivity contribution in [3.63, 3.8) is 0 Å². The number of aromatic nitrogens is 2. The number of nitrogens with one attached hydrogen (secondary N) is 1. The SMILES string of the molecule is CNc1nc(-c2ccc(Br)cc2Cl)nc(C)c1I. The van der Waals surface area contributed by atoms with Crippen molar-refractivity contribution in [3.05, 3.63) is 37.0 Å². The summed E-state index contributed by atoms with van der Waals surface area (Å²) >= 11 is 11.8. The molecule has 0 radical (unpaired) electrons. The molecule has 0 saturated heterocycles. The van der Waals surface area contributed by atoms with Crippen LogP contribution in [0.15, 0.2) is 22.7 Å². The van der Waals surface area contributed by atoms with Crippen molar-refractivity contribution in [2.75, 3.05) is 12.4 Å². The van der Waals surface area contributed by atoms with E-state index in [-0.39, 0.29) is 0 Å². The minimum Gasteiger partial charge on any atom is -0.372 e. The molecular weight excluding hydrogens is 428 g/mol. The van der Waals surface area contributed by atoms with E-state index in [0.29, 0.717) is 10.8 Å². The third kappa shape index (κ3) is 2.78. The number of nitrogens with zero attached hydrogens (tertiary/aromatic N) is 2. The van der Waals surface area contributed by atoms with E-state index >= 15 is 0 Å². The molecule has 1 aromatic heterocycles. The van der Waals surface area contributed by atoms with Gasteiger partial charge in [-0.3, -0.25) is 0 Å². The van der Waals surface area contributed by atoms with Gasteiger partial charge in [-0.25, -0.2) is 9.97 Å². The molecule has 0 spiro atoms. The van der Waals surface area contributed by atoms with Crippen LogP contribution >= 0.6 is 50.1 Å². The van der Waals surface area contributed by atoms with Crippen LogP contribution < -0.4 is 5.32 Å². The summed E-state index contributed by atoms with van der Waals surface area (Å²) in [6.45, 7) is 1.96. The zero-order chi connectivity index (χ0) is 13.3. The average Bonchev–Trinajstić information content (AvgIpc) is 2.32. The van der Waals surface area contributed by atoms with Crippen molar-refractivity contribution < 1.29 is 0 Å². The lowest BCUT2D eigenvalue weighted by Gasteiger charge is -2.09. The molecule has 2 aromatic rings. The maximum Gasteiger partial charge on any atom is 0.163 e. The molecule has 0 atom stereocenters. The molecule has 1 aromatic carbocycles. The Balaban J connectivity index is 2.60. The van der Waals surface area contributed by atoms with E-state index in [1.807, 2.05) is 32.2 Å². The summed E-state index contributed by atoms with van der Waals surface area (Å²) in [7, 11) is 1.84. The van der Waals surface area contributed by atoms with Gasteiger partial charge in [0.05, 0.1) is 14.3 Å². The van der Waals surface area contributed by atoms with Gasteiger partial charge in [-0.1, -0.05) is 27.5 Å². The van der Waals surface area contributed by atoms with Gasteiger partial charge in [0.25, 0.3) is 0 Å². The van der Waals surface area contributed by atoms with Gasteiger partial charge in [-0.15, -0.1) is 0 Å². The summed E-state index contributed by atoms with van der Waals surface area (Å²) in [5.74, 6) is 1.45. The molecule has 1 heterocycles. The normalized spacial score (nSPS) is 10.5. The molecule has 2 rings (SSSR count).